The first kappa shape index (κ1) is 24.6. The van der Waals surface area contributed by atoms with Crippen LogP contribution in [0.25, 0.3) is 0 Å². The van der Waals surface area contributed by atoms with E-state index in [0.717, 1.165) is 5.56 Å². The predicted octanol–water partition coefficient (Wildman–Crippen LogP) is 2.32. The van der Waals surface area contributed by atoms with E-state index in [0.29, 0.717) is 56.1 Å². The van der Waals surface area contributed by atoms with E-state index in [1.807, 2.05) is 12.1 Å². The average Bonchev–Trinajstić information content (AvgIpc) is 2.83. The van der Waals surface area contributed by atoms with E-state index < -0.39 is 10.0 Å². The molecule has 1 fully saturated rings. The molecule has 2 N–H and O–H groups in total. The van der Waals surface area contributed by atoms with Gasteiger partial charge in [0.15, 0.2) is 0 Å². The van der Waals surface area contributed by atoms with Crippen LogP contribution in [-0.4, -0.2) is 67.9 Å². The maximum atomic E-state index is 12.7. The maximum Gasteiger partial charge on any atom is 0.255 e. The van der Waals surface area contributed by atoms with Gasteiger partial charge in [0.1, 0.15) is 0 Å². The van der Waals surface area contributed by atoms with Gasteiger partial charge < -0.3 is 10.6 Å². The third kappa shape index (κ3) is 6.50. The number of sulfonamides is 1. The largest absolute Gasteiger partial charge is 0.349 e. The second kappa shape index (κ2) is 11.2. The van der Waals surface area contributed by atoms with Crippen molar-refractivity contribution in [2.75, 3.05) is 43.8 Å². The van der Waals surface area contributed by atoms with E-state index in [4.69, 9.17) is 0 Å². The van der Waals surface area contributed by atoms with Crippen LogP contribution >= 0.6 is 0 Å². The molecule has 176 valence electrons. The molecule has 2 amide bonds. The van der Waals surface area contributed by atoms with Crippen LogP contribution in [0.15, 0.2) is 61.2 Å². The summed E-state index contributed by atoms with van der Waals surface area (Å²) >= 11 is 0. The van der Waals surface area contributed by atoms with Crippen molar-refractivity contribution in [3.8, 4) is 0 Å². The summed E-state index contributed by atoms with van der Waals surface area (Å²) in [5.74, 6) is -0.461. The van der Waals surface area contributed by atoms with Crippen LogP contribution < -0.4 is 10.6 Å². The lowest BCUT2D eigenvalue weighted by Crippen LogP contribution is -2.48. The minimum absolute atomic E-state index is 0.125. The van der Waals surface area contributed by atoms with Gasteiger partial charge in [-0.25, -0.2) is 8.42 Å². The van der Waals surface area contributed by atoms with E-state index in [-0.39, 0.29) is 17.6 Å². The summed E-state index contributed by atoms with van der Waals surface area (Å²) in [5.41, 5.74) is 2.35. The highest BCUT2D eigenvalue weighted by molar-refractivity contribution is 7.89. The van der Waals surface area contributed by atoms with Gasteiger partial charge in [-0.05, 0) is 36.8 Å². The van der Waals surface area contributed by atoms with Crippen molar-refractivity contribution in [1.82, 2.24) is 14.5 Å². The summed E-state index contributed by atoms with van der Waals surface area (Å²) < 4.78 is 25.5. The lowest BCUT2D eigenvalue weighted by atomic mass is 10.1. The molecular formula is C24H30N4O4S. The highest BCUT2D eigenvalue weighted by atomic mass is 32.2. The summed E-state index contributed by atoms with van der Waals surface area (Å²) in [6.45, 7) is 8.61. The second-order valence-electron chi connectivity index (χ2n) is 7.77. The zero-order valence-corrected chi connectivity index (χ0v) is 19.6. The standard InChI is InChI=1S/C24H30N4O4S/c1-3-13-25-24(30)21-7-5-6-8-22(21)26-23(29)20-11-9-19(10-12-20)18-27-14-16-28(17-15-27)33(31,32)4-2/h3,5-12H,1,4,13-18H2,2H3,(H,25,30)(H,26,29). The highest BCUT2D eigenvalue weighted by Crippen LogP contribution is 2.17. The van der Waals surface area contributed by atoms with Crippen molar-refractivity contribution in [3.63, 3.8) is 0 Å². The van der Waals surface area contributed by atoms with Crippen molar-refractivity contribution < 1.29 is 18.0 Å². The van der Waals surface area contributed by atoms with Gasteiger partial charge in [-0.15, -0.1) is 6.58 Å². The molecule has 2 aromatic carbocycles. The molecule has 33 heavy (non-hydrogen) atoms. The van der Waals surface area contributed by atoms with E-state index >= 15 is 0 Å². The van der Waals surface area contributed by atoms with Gasteiger partial charge in [0.2, 0.25) is 10.0 Å². The van der Waals surface area contributed by atoms with Crippen molar-refractivity contribution >= 4 is 27.5 Å². The monoisotopic (exact) mass is 470 g/mol. The molecule has 0 aromatic heterocycles. The van der Waals surface area contributed by atoms with Crippen molar-refractivity contribution in [2.45, 2.75) is 13.5 Å². The molecule has 1 saturated heterocycles. The Kier molecular flexibility index (Phi) is 8.37. The number of nitrogens with zero attached hydrogens (tertiary/aromatic N) is 2. The fraction of sp³-hybridized carbons (Fsp3) is 0.333. The molecule has 0 unspecified atom stereocenters. The number of hydrogen-bond acceptors (Lipinski definition) is 5. The number of piperazine rings is 1. The number of nitrogens with one attached hydrogen (secondary N) is 2. The number of carbonyl (C=O) groups excluding carboxylic acids is 2. The Morgan fingerprint density at radius 1 is 1.00 bits per heavy atom. The van der Waals surface area contributed by atoms with Gasteiger partial charge in [0.05, 0.1) is 17.0 Å². The van der Waals surface area contributed by atoms with Crippen LogP contribution in [0, 0.1) is 0 Å². The Bertz CT molecular complexity index is 1090. The second-order valence-corrected chi connectivity index (χ2v) is 10.0. The normalized spacial score (nSPS) is 15.1. The molecule has 0 atom stereocenters. The first-order valence-corrected chi connectivity index (χ1v) is 12.5. The third-order valence-electron chi connectivity index (χ3n) is 5.54. The first-order valence-electron chi connectivity index (χ1n) is 10.9. The van der Waals surface area contributed by atoms with Gasteiger partial charge in [0, 0.05) is 44.8 Å². The van der Waals surface area contributed by atoms with Gasteiger partial charge in [0.25, 0.3) is 11.8 Å². The van der Waals surface area contributed by atoms with Crippen LogP contribution in [0.4, 0.5) is 5.69 Å². The summed E-state index contributed by atoms with van der Waals surface area (Å²) in [6.07, 6.45) is 1.59. The maximum absolute atomic E-state index is 12.7. The molecule has 0 radical (unpaired) electrons. The van der Waals surface area contributed by atoms with E-state index in [1.165, 1.54) is 0 Å². The molecule has 2 aromatic rings. The molecule has 9 heteroatoms. The quantitative estimate of drug-likeness (QED) is 0.548. The minimum atomic E-state index is -3.14. The van der Waals surface area contributed by atoms with Crippen LogP contribution in [0.5, 0.6) is 0 Å². The van der Waals surface area contributed by atoms with Crippen LogP contribution in [0.1, 0.15) is 33.2 Å². The van der Waals surface area contributed by atoms with Gasteiger partial charge in [-0.3, -0.25) is 14.5 Å². The lowest BCUT2D eigenvalue weighted by Gasteiger charge is -2.33. The smallest absolute Gasteiger partial charge is 0.255 e. The van der Waals surface area contributed by atoms with E-state index in [9.17, 15) is 18.0 Å². The van der Waals surface area contributed by atoms with Crippen molar-refractivity contribution in [2.24, 2.45) is 0 Å². The minimum Gasteiger partial charge on any atom is -0.349 e. The number of rotatable bonds is 9. The molecular weight excluding hydrogens is 440 g/mol. The Hall–Kier alpha value is -3.01. The molecule has 0 bridgehead atoms. The summed E-state index contributed by atoms with van der Waals surface area (Å²) in [6, 6.07) is 14.1. The number of carbonyl (C=O) groups is 2. The first-order chi connectivity index (χ1) is 15.8. The number of para-hydroxylation sites is 1. The van der Waals surface area contributed by atoms with Crippen LogP contribution in [0.2, 0.25) is 0 Å². The Labute approximate surface area is 195 Å². The molecule has 0 spiro atoms. The topological polar surface area (TPSA) is 98.8 Å². The number of amides is 2. The molecule has 1 aliphatic rings. The lowest BCUT2D eigenvalue weighted by molar-refractivity contribution is 0.0959. The third-order valence-corrected chi connectivity index (χ3v) is 7.42. The molecule has 1 aliphatic heterocycles. The van der Waals surface area contributed by atoms with Gasteiger partial charge >= 0.3 is 0 Å². The van der Waals surface area contributed by atoms with E-state index in [1.54, 1.807) is 53.7 Å². The van der Waals surface area contributed by atoms with Crippen molar-refractivity contribution in [1.29, 1.82) is 0 Å². The number of anilines is 1. The SMILES string of the molecule is C=CCNC(=O)c1ccccc1NC(=O)c1ccc(CN2CCN(S(=O)(=O)CC)CC2)cc1. The fourth-order valence-electron chi connectivity index (χ4n) is 3.61. The summed E-state index contributed by atoms with van der Waals surface area (Å²) in [7, 11) is -3.14. The van der Waals surface area contributed by atoms with E-state index in [2.05, 4.69) is 22.1 Å². The summed E-state index contributed by atoms with van der Waals surface area (Å²) in [4.78, 5) is 27.3. The summed E-state index contributed by atoms with van der Waals surface area (Å²) in [5, 5.41) is 5.52. The molecule has 3 rings (SSSR count). The zero-order chi connectivity index (χ0) is 23.8. The predicted molar refractivity (Wildman–Crippen MR) is 130 cm³/mol. The van der Waals surface area contributed by atoms with Gasteiger partial charge in [-0.1, -0.05) is 30.3 Å². The van der Waals surface area contributed by atoms with Gasteiger partial charge in [-0.2, -0.15) is 4.31 Å². The molecule has 1 heterocycles. The Balaban J connectivity index is 1.58. The number of hydrogen-bond donors (Lipinski definition) is 2. The Morgan fingerprint density at radius 3 is 2.30 bits per heavy atom. The highest BCUT2D eigenvalue weighted by Gasteiger charge is 2.25. The van der Waals surface area contributed by atoms with Crippen LogP contribution in [-0.2, 0) is 16.6 Å². The Morgan fingerprint density at radius 2 is 1.67 bits per heavy atom. The zero-order valence-electron chi connectivity index (χ0n) is 18.8. The number of benzene rings is 2. The molecule has 0 aliphatic carbocycles. The molecule has 8 nitrogen and oxygen atoms in total. The van der Waals surface area contributed by atoms with Crippen LogP contribution in [0.3, 0.4) is 0 Å². The molecule has 0 saturated carbocycles. The van der Waals surface area contributed by atoms with Crippen molar-refractivity contribution in [3.05, 3.63) is 77.9 Å². The average molecular weight is 471 g/mol. The fourth-order valence-corrected chi connectivity index (χ4v) is 4.70.